The number of nitrogens with one attached hydrogen (secondary N) is 1. The quantitative estimate of drug-likeness (QED) is 0.706. The van der Waals surface area contributed by atoms with Crippen LogP contribution >= 0.6 is 0 Å². The molecular formula is C13H20N2O. The van der Waals surface area contributed by atoms with Gasteiger partial charge in [0.1, 0.15) is 5.75 Å². The molecule has 1 atom stereocenters. The molecule has 1 unspecified atom stereocenters. The number of phenolic OH excluding ortho intramolecular Hbond substituents is 1. The van der Waals surface area contributed by atoms with Gasteiger partial charge in [-0.15, -0.1) is 0 Å². The zero-order chi connectivity index (χ0) is 11.4. The van der Waals surface area contributed by atoms with Crippen molar-refractivity contribution in [1.82, 2.24) is 5.32 Å². The molecule has 0 radical (unpaired) electrons. The second kappa shape index (κ2) is 5.32. The molecule has 4 N–H and O–H groups in total. The fourth-order valence-corrected chi connectivity index (χ4v) is 2.01. The Kier molecular flexibility index (Phi) is 3.80. The minimum absolute atomic E-state index is 0.312. The summed E-state index contributed by atoms with van der Waals surface area (Å²) in [6.07, 6.45) is 3.95. The number of aromatic hydroxyl groups is 1. The molecule has 0 aromatic heterocycles. The van der Waals surface area contributed by atoms with E-state index in [0.717, 1.165) is 6.54 Å². The Hall–Kier alpha value is -1.06. The fourth-order valence-electron chi connectivity index (χ4n) is 2.01. The Balaban J connectivity index is 1.90. The molecular weight excluding hydrogens is 200 g/mol. The first kappa shape index (κ1) is 11.4. The molecule has 0 spiro atoms. The highest BCUT2D eigenvalue weighted by atomic mass is 16.3. The van der Waals surface area contributed by atoms with Crippen molar-refractivity contribution in [2.24, 2.45) is 5.73 Å². The first-order valence-electron chi connectivity index (χ1n) is 6.02. The van der Waals surface area contributed by atoms with E-state index in [0.29, 0.717) is 24.3 Å². The Morgan fingerprint density at radius 1 is 1.31 bits per heavy atom. The van der Waals surface area contributed by atoms with Crippen molar-refractivity contribution in [2.45, 2.75) is 31.2 Å². The number of hydrogen-bond acceptors (Lipinski definition) is 3. The van der Waals surface area contributed by atoms with E-state index < -0.39 is 0 Å². The molecule has 0 heterocycles. The van der Waals surface area contributed by atoms with Crippen molar-refractivity contribution in [3.8, 4) is 5.75 Å². The topological polar surface area (TPSA) is 58.3 Å². The van der Waals surface area contributed by atoms with Gasteiger partial charge in [0, 0.05) is 25.0 Å². The summed E-state index contributed by atoms with van der Waals surface area (Å²) >= 11 is 0. The lowest BCUT2D eigenvalue weighted by molar-refractivity contribution is 0.332. The number of benzene rings is 1. The van der Waals surface area contributed by atoms with Gasteiger partial charge in [0.15, 0.2) is 0 Å². The second-order valence-corrected chi connectivity index (χ2v) is 4.56. The molecule has 1 aliphatic rings. The van der Waals surface area contributed by atoms with Crippen LogP contribution in [0.1, 0.15) is 30.7 Å². The van der Waals surface area contributed by atoms with Crippen LogP contribution < -0.4 is 11.1 Å². The van der Waals surface area contributed by atoms with Gasteiger partial charge in [-0.05, 0) is 30.5 Å². The molecule has 1 aromatic rings. The standard InChI is InChI=1S/C13H20N2O/c14-8-11(9-15-12-2-1-3-12)10-4-6-13(16)7-5-10/h4-7,11-12,15-16H,1-3,8-9,14H2. The Bertz CT molecular complexity index is 319. The third-order valence-electron chi connectivity index (χ3n) is 3.41. The fraction of sp³-hybridized carbons (Fsp3) is 0.538. The van der Waals surface area contributed by atoms with Crippen molar-refractivity contribution >= 4 is 0 Å². The molecule has 1 saturated carbocycles. The van der Waals surface area contributed by atoms with Crippen molar-refractivity contribution < 1.29 is 5.11 Å². The van der Waals surface area contributed by atoms with E-state index in [2.05, 4.69) is 5.32 Å². The van der Waals surface area contributed by atoms with Crippen LogP contribution in [0.2, 0.25) is 0 Å². The Morgan fingerprint density at radius 2 is 2.00 bits per heavy atom. The smallest absolute Gasteiger partial charge is 0.115 e. The third-order valence-corrected chi connectivity index (χ3v) is 3.41. The van der Waals surface area contributed by atoms with E-state index in [1.54, 1.807) is 12.1 Å². The molecule has 2 rings (SSSR count). The predicted octanol–water partition coefficient (Wildman–Crippen LogP) is 1.58. The summed E-state index contributed by atoms with van der Waals surface area (Å²) in [6, 6.07) is 8.05. The Labute approximate surface area is 96.7 Å². The molecule has 1 aromatic carbocycles. The van der Waals surface area contributed by atoms with E-state index in [4.69, 9.17) is 5.73 Å². The molecule has 3 nitrogen and oxygen atoms in total. The van der Waals surface area contributed by atoms with E-state index in [-0.39, 0.29) is 0 Å². The molecule has 0 amide bonds. The van der Waals surface area contributed by atoms with Gasteiger partial charge in [-0.1, -0.05) is 18.6 Å². The largest absolute Gasteiger partial charge is 0.508 e. The molecule has 0 saturated heterocycles. The van der Waals surface area contributed by atoms with Crippen LogP contribution in [0.15, 0.2) is 24.3 Å². The van der Waals surface area contributed by atoms with Crippen molar-refractivity contribution in [2.75, 3.05) is 13.1 Å². The SMILES string of the molecule is NCC(CNC1CCC1)c1ccc(O)cc1. The Morgan fingerprint density at radius 3 is 2.50 bits per heavy atom. The van der Waals surface area contributed by atoms with Gasteiger partial charge in [0.05, 0.1) is 0 Å². The molecule has 1 fully saturated rings. The predicted molar refractivity (Wildman–Crippen MR) is 65.5 cm³/mol. The molecule has 0 bridgehead atoms. The van der Waals surface area contributed by atoms with Gasteiger partial charge >= 0.3 is 0 Å². The van der Waals surface area contributed by atoms with Crippen LogP contribution in [0, 0.1) is 0 Å². The number of hydrogen-bond donors (Lipinski definition) is 3. The van der Waals surface area contributed by atoms with Crippen LogP contribution in [-0.4, -0.2) is 24.2 Å². The lowest BCUT2D eigenvalue weighted by atomic mass is 9.91. The maximum Gasteiger partial charge on any atom is 0.115 e. The average Bonchev–Trinajstić information content (AvgIpc) is 2.24. The van der Waals surface area contributed by atoms with Gasteiger partial charge < -0.3 is 16.2 Å². The van der Waals surface area contributed by atoms with Gasteiger partial charge in [0.25, 0.3) is 0 Å². The van der Waals surface area contributed by atoms with Crippen LogP contribution in [-0.2, 0) is 0 Å². The minimum Gasteiger partial charge on any atom is -0.508 e. The van der Waals surface area contributed by atoms with Gasteiger partial charge in [-0.3, -0.25) is 0 Å². The van der Waals surface area contributed by atoms with Crippen LogP contribution in [0.3, 0.4) is 0 Å². The summed E-state index contributed by atoms with van der Waals surface area (Å²) in [4.78, 5) is 0. The normalized spacial score (nSPS) is 18.1. The number of phenols is 1. The van der Waals surface area contributed by atoms with Crippen LogP contribution in [0.25, 0.3) is 0 Å². The summed E-state index contributed by atoms with van der Waals surface area (Å²) in [7, 11) is 0. The second-order valence-electron chi connectivity index (χ2n) is 4.56. The maximum absolute atomic E-state index is 9.23. The summed E-state index contributed by atoms with van der Waals surface area (Å²) in [5.41, 5.74) is 6.99. The summed E-state index contributed by atoms with van der Waals surface area (Å²) in [6.45, 7) is 1.58. The number of rotatable bonds is 5. The van der Waals surface area contributed by atoms with Gasteiger partial charge in [-0.2, -0.15) is 0 Å². The van der Waals surface area contributed by atoms with Gasteiger partial charge in [-0.25, -0.2) is 0 Å². The van der Waals surface area contributed by atoms with Crippen molar-refractivity contribution in [1.29, 1.82) is 0 Å². The summed E-state index contributed by atoms with van der Waals surface area (Å²) in [5.74, 6) is 0.660. The lowest BCUT2D eigenvalue weighted by Gasteiger charge is -2.28. The average molecular weight is 220 g/mol. The first-order chi connectivity index (χ1) is 7.79. The van der Waals surface area contributed by atoms with Gasteiger partial charge in [0.2, 0.25) is 0 Å². The number of nitrogens with two attached hydrogens (primary N) is 1. The first-order valence-corrected chi connectivity index (χ1v) is 6.02. The maximum atomic E-state index is 9.23. The van der Waals surface area contributed by atoms with E-state index in [9.17, 15) is 5.11 Å². The van der Waals surface area contributed by atoms with Crippen LogP contribution in [0.5, 0.6) is 5.75 Å². The lowest BCUT2D eigenvalue weighted by Crippen LogP contribution is -2.39. The monoisotopic (exact) mass is 220 g/mol. The highest BCUT2D eigenvalue weighted by Crippen LogP contribution is 2.21. The highest BCUT2D eigenvalue weighted by molar-refractivity contribution is 5.28. The minimum atomic E-state index is 0.312. The van der Waals surface area contributed by atoms with E-state index >= 15 is 0 Å². The molecule has 88 valence electrons. The zero-order valence-corrected chi connectivity index (χ0v) is 9.52. The van der Waals surface area contributed by atoms with Crippen LogP contribution in [0.4, 0.5) is 0 Å². The highest BCUT2D eigenvalue weighted by Gasteiger charge is 2.18. The zero-order valence-electron chi connectivity index (χ0n) is 9.52. The molecule has 3 heteroatoms. The third kappa shape index (κ3) is 2.74. The van der Waals surface area contributed by atoms with Crippen molar-refractivity contribution in [3.05, 3.63) is 29.8 Å². The molecule has 0 aliphatic heterocycles. The van der Waals surface area contributed by atoms with Crippen molar-refractivity contribution in [3.63, 3.8) is 0 Å². The molecule has 16 heavy (non-hydrogen) atoms. The van der Waals surface area contributed by atoms with E-state index in [1.807, 2.05) is 12.1 Å². The summed E-state index contributed by atoms with van der Waals surface area (Å²) < 4.78 is 0. The van der Waals surface area contributed by atoms with E-state index in [1.165, 1.54) is 24.8 Å². The molecule has 1 aliphatic carbocycles. The summed E-state index contributed by atoms with van der Waals surface area (Å²) in [5, 5.41) is 12.8.